The summed E-state index contributed by atoms with van der Waals surface area (Å²) in [6.45, 7) is 0. The maximum Gasteiger partial charge on any atom is 0.303 e. The van der Waals surface area contributed by atoms with Gasteiger partial charge in [-0.25, -0.2) is 0 Å². The van der Waals surface area contributed by atoms with Gasteiger partial charge in [0.15, 0.2) is 0 Å². The molecular weight excluding hydrogens is 277 g/mol. The normalized spacial score (nSPS) is 11.9. The van der Waals surface area contributed by atoms with Crippen molar-refractivity contribution in [1.29, 1.82) is 0 Å². The molecule has 0 saturated heterocycles. The van der Waals surface area contributed by atoms with E-state index in [1.807, 2.05) is 0 Å². The number of carbonyl (C=O) groups is 2. The van der Waals surface area contributed by atoms with Crippen molar-refractivity contribution in [2.75, 3.05) is 0 Å². The molecule has 0 spiro atoms. The van der Waals surface area contributed by atoms with Crippen molar-refractivity contribution in [2.45, 2.75) is 25.3 Å². The maximum absolute atomic E-state index is 10.5. The van der Waals surface area contributed by atoms with Crippen LogP contribution in [0.3, 0.4) is 0 Å². The van der Waals surface area contributed by atoms with Gasteiger partial charge >= 0.3 is 5.97 Å². The van der Waals surface area contributed by atoms with E-state index >= 15 is 0 Å². The smallest absolute Gasteiger partial charge is 0.303 e. The van der Waals surface area contributed by atoms with Crippen LogP contribution in [0.2, 0.25) is 10.0 Å². The quantitative estimate of drug-likeness (QED) is 0.758. The third-order valence-corrected chi connectivity index (χ3v) is 3.09. The maximum atomic E-state index is 10.5. The third-order valence-electron chi connectivity index (χ3n) is 2.48. The van der Waals surface area contributed by atoms with Gasteiger partial charge in [0.1, 0.15) is 0 Å². The van der Waals surface area contributed by atoms with Crippen LogP contribution in [-0.2, 0) is 16.0 Å². The average Bonchev–Trinajstić information content (AvgIpc) is 2.31. The Labute approximate surface area is 115 Å². The summed E-state index contributed by atoms with van der Waals surface area (Å²) in [5.74, 6) is -0.898. The second-order valence-corrected chi connectivity index (χ2v) is 4.70. The van der Waals surface area contributed by atoms with Gasteiger partial charge in [-0.3, -0.25) is 9.59 Å². The summed E-state index contributed by atoms with van der Waals surface area (Å²) >= 11 is 11.9. The first kappa shape index (κ1) is 14.8. The second-order valence-electron chi connectivity index (χ2n) is 3.85. The summed E-state index contributed by atoms with van der Waals surface area (Å²) in [5.41, 5.74) is 0.786. The standard InChI is InChI=1S/C12H13Cl2NO3/c13-9-1-3-11(14)8(5-9)6-10(15-7-16)2-4-12(17)18/h1,3,5,7,10H,2,4,6H2,(H,15,16)(H,17,18). The Morgan fingerprint density at radius 3 is 2.78 bits per heavy atom. The second kappa shape index (κ2) is 7.24. The van der Waals surface area contributed by atoms with Gasteiger partial charge in [0.2, 0.25) is 6.41 Å². The Bertz CT molecular complexity index is 437. The third kappa shape index (κ3) is 4.94. The van der Waals surface area contributed by atoms with Gasteiger partial charge in [0.25, 0.3) is 0 Å². The largest absolute Gasteiger partial charge is 0.481 e. The molecular formula is C12H13Cl2NO3. The number of benzene rings is 1. The van der Waals surface area contributed by atoms with Gasteiger partial charge in [-0.05, 0) is 36.6 Å². The molecule has 1 aromatic rings. The molecule has 18 heavy (non-hydrogen) atoms. The van der Waals surface area contributed by atoms with Crippen LogP contribution in [0.15, 0.2) is 18.2 Å². The molecule has 1 aromatic carbocycles. The van der Waals surface area contributed by atoms with E-state index in [2.05, 4.69) is 5.32 Å². The Hall–Kier alpha value is -1.26. The molecule has 0 saturated carbocycles. The number of aliphatic carboxylic acids is 1. The summed E-state index contributed by atoms with van der Waals surface area (Å²) in [6, 6.07) is 4.79. The van der Waals surface area contributed by atoms with E-state index in [1.165, 1.54) is 0 Å². The minimum absolute atomic E-state index is 0.0102. The van der Waals surface area contributed by atoms with E-state index in [9.17, 15) is 9.59 Å². The molecule has 1 rings (SSSR count). The first-order valence-electron chi connectivity index (χ1n) is 5.38. The lowest BCUT2D eigenvalue weighted by Crippen LogP contribution is -2.30. The predicted octanol–water partition coefficient (Wildman–Crippen LogP) is 2.52. The lowest BCUT2D eigenvalue weighted by Gasteiger charge is -2.16. The fraction of sp³-hybridized carbons (Fsp3) is 0.333. The van der Waals surface area contributed by atoms with Crippen molar-refractivity contribution in [1.82, 2.24) is 5.32 Å². The zero-order valence-electron chi connectivity index (χ0n) is 9.53. The van der Waals surface area contributed by atoms with E-state index in [0.717, 1.165) is 5.56 Å². The fourth-order valence-corrected chi connectivity index (χ4v) is 1.99. The number of rotatable bonds is 7. The molecule has 0 fully saturated rings. The summed E-state index contributed by atoms with van der Waals surface area (Å²) in [4.78, 5) is 21.0. The van der Waals surface area contributed by atoms with Crippen LogP contribution >= 0.6 is 23.2 Å². The first-order chi connectivity index (χ1) is 8.52. The number of halogens is 2. The van der Waals surface area contributed by atoms with Crippen LogP contribution in [0.25, 0.3) is 0 Å². The van der Waals surface area contributed by atoms with E-state index in [0.29, 0.717) is 29.3 Å². The summed E-state index contributed by atoms with van der Waals surface area (Å²) in [5, 5.41) is 12.3. The Morgan fingerprint density at radius 1 is 1.44 bits per heavy atom. The molecule has 0 aliphatic carbocycles. The van der Waals surface area contributed by atoms with Crippen LogP contribution in [0.1, 0.15) is 18.4 Å². The van der Waals surface area contributed by atoms with Crippen LogP contribution < -0.4 is 5.32 Å². The van der Waals surface area contributed by atoms with E-state index < -0.39 is 5.97 Å². The first-order valence-corrected chi connectivity index (χ1v) is 6.14. The molecule has 0 aliphatic rings. The highest BCUT2D eigenvalue weighted by Gasteiger charge is 2.13. The Balaban J connectivity index is 2.72. The SMILES string of the molecule is O=CNC(CCC(=O)O)Cc1cc(Cl)ccc1Cl. The number of amides is 1. The molecule has 0 aliphatic heterocycles. The zero-order chi connectivity index (χ0) is 13.5. The number of carbonyl (C=O) groups excluding carboxylic acids is 1. The molecule has 0 bridgehead atoms. The topological polar surface area (TPSA) is 66.4 Å². The molecule has 0 heterocycles. The number of carboxylic acid groups (broad SMARTS) is 1. The molecule has 0 aromatic heterocycles. The van der Waals surface area contributed by atoms with Gasteiger partial charge in [-0.1, -0.05) is 23.2 Å². The highest BCUT2D eigenvalue weighted by Crippen LogP contribution is 2.22. The van der Waals surface area contributed by atoms with Crippen molar-refractivity contribution < 1.29 is 14.7 Å². The monoisotopic (exact) mass is 289 g/mol. The van der Waals surface area contributed by atoms with Crippen LogP contribution in [0.5, 0.6) is 0 Å². The van der Waals surface area contributed by atoms with Crippen LogP contribution in [0.4, 0.5) is 0 Å². The van der Waals surface area contributed by atoms with Crippen molar-refractivity contribution in [3.05, 3.63) is 33.8 Å². The highest BCUT2D eigenvalue weighted by molar-refractivity contribution is 6.33. The van der Waals surface area contributed by atoms with Crippen LogP contribution in [0, 0.1) is 0 Å². The summed E-state index contributed by atoms with van der Waals surface area (Å²) in [7, 11) is 0. The molecule has 1 unspecified atom stereocenters. The van der Waals surface area contributed by atoms with E-state index in [4.69, 9.17) is 28.3 Å². The van der Waals surface area contributed by atoms with Gasteiger partial charge in [0.05, 0.1) is 0 Å². The Morgan fingerprint density at radius 2 is 2.17 bits per heavy atom. The molecule has 1 amide bonds. The van der Waals surface area contributed by atoms with Gasteiger partial charge in [-0.2, -0.15) is 0 Å². The number of hydrogen-bond acceptors (Lipinski definition) is 2. The molecule has 1 atom stereocenters. The molecule has 6 heteroatoms. The molecule has 4 nitrogen and oxygen atoms in total. The molecule has 0 radical (unpaired) electrons. The number of carboxylic acids is 1. The molecule has 98 valence electrons. The van der Waals surface area contributed by atoms with Gasteiger partial charge in [-0.15, -0.1) is 0 Å². The van der Waals surface area contributed by atoms with Crippen LogP contribution in [-0.4, -0.2) is 23.5 Å². The van der Waals surface area contributed by atoms with Crippen molar-refractivity contribution >= 4 is 35.6 Å². The minimum Gasteiger partial charge on any atom is -0.481 e. The highest BCUT2D eigenvalue weighted by atomic mass is 35.5. The number of nitrogens with one attached hydrogen (secondary N) is 1. The lowest BCUT2D eigenvalue weighted by molar-refractivity contribution is -0.137. The van der Waals surface area contributed by atoms with Crippen molar-refractivity contribution in [3.63, 3.8) is 0 Å². The minimum atomic E-state index is -0.898. The average molecular weight is 290 g/mol. The van der Waals surface area contributed by atoms with Gasteiger partial charge in [0, 0.05) is 22.5 Å². The zero-order valence-corrected chi connectivity index (χ0v) is 11.0. The Kier molecular flexibility index (Phi) is 5.95. The predicted molar refractivity (Wildman–Crippen MR) is 70.0 cm³/mol. The fourth-order valence-electron chi connectivity index (χ4n) is 1.60. The van der Waals surface area contributed by atoms with Crippen molar-refractivity contribution in [2.24, 2.45) is 0 Å². The van der Waals surface area contributed by atoms with E-state index in [-0.39, 0.29) is 12.5 Å². The van der Waals surface area contributed by atoms with Crippen molar-refractivity contribution in [3.8, 4) is 0 Å². The molecule has 2 N–H and O–H groups in total. The summed E-state index contributed by atoms with van der Waals surface area (Å²) in [6.07, 6.45) is 1.34. The van der Waals surface area contributed by atoms with E-state index in [1.54, 1.807) is 18.2 Å². The summed E-state index contributed by atoms with van der Waals surface area (Å²) < 4.78 is 0. The lowest BCUT2D eigenvalue weighted by atomic mass is 10.0. The van der Waals surface area contributed by atoms with Gasteiger partial charge < -0.3 is 10.4 Å². The number of hydrogen-bond donors (Lipinski definition) is 2.